The summed E-state index contributed by atoms with van der Waals surface area (Å²) in [6.07, 6.45) is -0.829. The number of aliphatic hydroxyl groups excluding tert-OH is 1. The van der Waals surface area contributed by atoms with Gasteiger partial charge < -0.3 is 15.6 Å². The molecule has 0 saturated heterocycles. The number of aliphatic hydroxyl groups is 1. The predicted octanol–water partition coefficient (Wildman–Crippen LogP) is -0.528. The van der Waals surface area contributed by atoms with Gasteiger partial charge in [0.05, 0.1) is 12.5 Å². The van der Waals surface area contributed by atoms with Gasteiger partial charge in [0.2, 0.25) is 0 Å². The zero-order valence-electron chi connectivity index (χ0n) is 4.16. The van der Waals surface area contributed by atoms with E-state index in [1.54, 1.807) is 0 Å². The van der Waals surface area contributed by atoms with Crippen LogP contribution in [0.4, 0.5) is 0 Å². The molecule has 0 saturated carbocycles. The molecule has 0 aliphatic rings. The van der Waals surface area contributed by atoms with E-state index in [0.717, 1.165) is 0 Å². The Hall–Kier alpha value is -0.900. The van der Waals surface area contributed by atoms with E-state index in [4.69, 9.17) is 15.6 Å². The van der Waals surface area contributed by atoms with Gasteiger partial charge in [-0.2, -0.15) is 0 Å². The van der Waals surface area contributed by atoms with Crippen molar-refractivity contribution in [2.24, 2.45) is 0 Å². The van der Waals surface area contributed by atoms with Crippen LogP contribution in [0.25, 0.3) is 0 Å². The van der Waals surface area contributed by atoms with Crippen LogP contribution >= 0.6 is 0 Å². The molecule has 0 rings (SSSR count). The summed E-state index contributed by atoms with van der Waals surface area (Å²) in [5.74, 6) is -1.10. The Morgan fingerprint density at radius 3 is 2.50 bits per heavy atom. The van der Waals surface area contributed by atoms with Crippen molar-refractivity contribution in [1.82, 2.24) is 0 Å². The maximum atomic E-state index is 9.71. The lowest BCUT2D eigenvalue weighted by atomic mass is 10.3. The first-order chi connectivity index (χ1) is 3.66. The molecule has 0 aliphatic heterocycles. The summed E-state index contributed by atoms with van der Waals surface area (Å²) in [6.45, 7) is 0. The summed E-state index contributed by atoms with van der Waals surface area (Å²) in [4.78, 5) is 9.71. The molecule has 0 aromatic heterocycles. The van der Waals surface area contributed by atoms with Crippen LogP contribution in [-0.2, 0) is 4.79 Å². The van der Waals surface area contributed by atoms with Gasteiger partial charge in [0.1, 0.15) is 0 Å². The Morgan fingerprint density at radius 1 is 1.88 bits per heavy atom. The molecule has 0 heterocycles. The summed E-state index contributed by atoms with van der Waals surface area (Å²) in [6, 6.07) is 0. The van der Waals surface area contributed by atoms with Crippen molar-refractivity contribution in [3.05, 3.63) is 0 Å². The second-order valence-electron chi connectivity index (χ2n) is 1.33. The highest BCUT2D eigenvalue weighted by Gasteiger charge is 2.03. The van der Waals surface area contributed by atoms with Crippen LogP contribution in [0.15, 0.2) is 0 Å². The fourth-order valence-electron chi connectivity index (χ4n) is 0.238. The normalized spacial score (nSPS) is 12.6. The van der Waals surface area contributed by atoms with E-state index >= 15 is 0 Å². The Bertz CT molecular complexity index is 101. The molecule has 0 fully saturated rings. The summed E-state index contributed by atoms with van der Waals surface area (Å²) in [5.41, 5.74) is 0. The van der Waals surface area contributed by atoms with Crippen molar-refractivity contribution in [1.29, 1.82) is 5.41 Å². The van der Waals surface area contributed by atoms with Gasteiger partial charge >= 0.3 is 5.97 Å². The smallest absolute Gasteiger partial charge is 0.306 e. The molecule has 4 nitrogen and oxygen atoms in total. The standard InChI is InChI=1S/C4H7NO3/c5-2-3(6)1-4(7)8/h2-3,5-6H,1H2,(H,7,8). The van der Waals surface area contributed by atoms with E-state index in [9.17, 15) is 4.79 Å². The van der Waals surface area contributed by atoms with E-state index in [1.807, 2.05) is 0 Å². The summed E-state index contributed by atoms with van der Waals surface area (Å²) < 4.78 is 0. The van der Waals surface area contributed by atoms with Crippen LogP contribution in [0.3, 0.4) is 0 Å². The van der Waals surface area contributed by atoms with Crippen LogP contribution in [0, 0.1) is 5.41 Å². The quantitative estimate of drug-likeness (QED) is 0.434. The number of carbonyl (C=O) groups is 1. The lowest BCUT2D eigenvalue weighted by Gasteiger charge is -1.95. The van der Waals surface area contributed by atoms with E-state index in [-0.39, 0.29) is 6.42 Å². The van der Waals surface area contributed by atoms with Crippen LogP contribution in [0.5, 0.6) is 0 Å². The second-order valence-corrected chi connectivity index (χ2v) is 1.33. The third kappa shape index (κ3) is 3.30. The molecule has 0 amide bonds. The molecule has 1 unspecified atom stereocenters. The first kappa shape index (κ1) is 7.10. The largest absolute Gasteiger partial charge is 0.481 e. The fraction of sp³-hybridized carbons (Fsp3) is 0.500. The number of hydrogen-bond acceptors (Lipinski definition) is 3. The lowest BCUT2D eigenvalue weighted by molar-refractivity contribution is -0.138. The topological polar surface area (TPSA) is 81.4 Å². The highest BCUT2D eigenvalue weighted by atomic mass is 16.4. The number of carboxylic acid groups (broad SMARTS) is 1. The molecule has 0 radical (unpaired) electrons. The van der Waals surface area contributed by atoms with Crippen molar-refractivity contribution >= 4 is 12.2 Å². The lowest BCUT2D eigenvalue weighted by Crippen LogP contribution is -2.12. The minimum atomic E-state index is -1.13. The number of aliphatic carboxylic acids is 1. The molecular formula is C4H7NO3. The molecule has 0 aromatic carbocycles. The second kappa shape index (κ2) is 3.15. The van der Waals surface area contributed by atoms with Gasteiger partial charge in [-0.3, -0.25) is 4.79 Å². The monoisotopic (exact) mass is 117 g/mol. The summed E-state index contributed by atoms with van der Waals surface area (Å²) in [5, 5.41) is 22.7. The van der Waals surface area contributed by atoms with E-state index in [2.05, 4.69) is 0 Å². The highest BCUT2D eigenvalue weighted by Crippen LogP contribution is 1.84. The minimum Gasteiger partial charge on any atom is -0.481 e. The van der Waals surface area contributed by atoms with Gasteiger partial charge in [0.15, 0.2) is 0 Å². The molecule has 1 atom stereocenters. The number of nitrogens with one attached hydrogen (secondary N) is 1. The summed E-state index contributed by atoms with van der Waals surface area (Å²) >= 11 is 0. The van der Waals surface area contributed by atoms with Crippen LogP contribution in [0.1, 0.15) is 6.42 Å². The molecule has 4 heteroatoms. The van der Waals surface area contributed by atoms with Crippen molar-refractivity contribution in [3.63, 3.8) is 0 Å². The molecule has 0 aliphatic carbocycles. The number of rotatable bonds is 3. The van der Waals surface area contributed by atoms with Gasteiger partial charge in [0.25, 0.3) is 0 Å². The maximum absolute atomic E-state index is 9.71. The van der Waals surface area contributed by atoms with E-state index in [1.165, 1.54) is 0 Å². The Balaban J connectivity index is 3.38. The van der Waals surface area contributed by atoms with Gasteiger partial charge in [0, 0.05) is 6.21 Å². The third-order valence-corrected chi connectivity index (χ3v) is 0.576. The Kier molecular flexibility index (Phi) is 2.79. The number of carboxylic acids is 1. The van der Waals surface area contributed by atoms with Crippen molar-refractivity contribution in [3.8, 4) is 0 Å². The predicted molar refractivity (Wildman–Crippen MR) is 27.0 cm³/mol. The van der Waals surface area contributed by atoms with E-state index < -0.39 is 12.1 Å². The van der Waals surface area contributed by atoms with Gasteiger partial charge in [-0.05, 0) is 0 Å². The molecule has 3 N–H and O–H groups in total. The molecular weight excluding hydrogens is 110 g/mol. The number of hydrogen-bond donors (Lipinski definition) is 3. The first-order valence-corrected chi connectivity index (χ1v) is 2.07. The highest BCUT2D eigenvalue weighted by molar-refractivity contribution is 5.73. The average Bonchev–Trinajstić information content (AvgIpc) is 1.65. The minimum absolute atomic E-state index is 0.385. The maximum Gasteiger partial charge on any atom is 0.306 e. The third-order valence-electron chi connectivity index (χ3n) is 0.576. The zero-order chi connectivity index (χ0) is 6.57. The molecule has 0 bridgehead atoms. The first-order valence-electron chi connectivity index (χ1n) is 2.07. The van der Waals surface area contributed by atoms with E-state index in [0.29, 0.717) is 6.21 Å². The van der Waals surface area contributed by atoms with Crippen molar-refractivity contribution in [2.45, 2.75) is 12.5 Å². The SMILES string of the molecule is N=CC(O)CC(=O)O. The van der Waals surface area contributed by atoms with Gasteiger partial charge in [-0.25, -0.2) is 0 Å². The summed E-state index contributed by atoms with van der Waals surface area (Å²) in [7, 11) is 0. The Morgan fingerprint density at radius 2 is 2.38 bits per heavy atom. The van der Waals surface area contributed by atoms with Crippen LogP contribution in [-0.4, -0.2) is 28.5 Å². The fourth-order valence-corrected chi connectivity index (χ4v) is 0.238. The van der Waals surface area contributed by atoms with Gasteiger partial charge in [-0.15, -0.1) is 0 Å². The van der Waals surface area contributed by atoms with Crippen molar-refractivity contribution < 1.29 is 15.0 Å². The zero-order valence-corrected chi connectivity index (χ0v) is 4.16. The van der Waals surface area contributed by atoms with Crippen LogP contribution < -0.4 is 0 Å². The molecule has 0 aromatic rings. The molecule has 8 heavy (non-hydrogen) atoms. The van der Waals surface area contributed by atoms with Gasteiger partial charge in [-0.1, -0.05) is 0 Å². The molecule has 0 spiro atoms. The Labute approximate surface area is 46.3 Å². The van der Waals surface area contributed by atoms with Crippen molar-refractivity contribution in [2.75, 3.05) is 0 Å². The average molecular weight is 117 g/mol. The van der Waals surface area contributed by atoms with Crippen LogP contribution in [0.2, 0.25) is 0 Å². The molecule has 46 valence electrons.